The first kappa shape index (κ1) is 13.5. The Labute approximate surface area is 114 Å². The van der Waals surface area contributed by atoms with Crippen molar-refractivity contribution in [2.75, 3.05) is 12.8 Å². The number of rotatable bonds is 4. The number of nitrogen functional groups attached to an aromatic ring is 1. The van der Waals surface area contributed by atoms with Crippen LogP contribution < -0.4 is 10.5 Å². The second-order valence-corrected chi connectivity index (χ2v) is 5.46. The van der Waals surface area contributed by atoms with Gasteiger partial charge in [0, 0.05) is 24.0 Å². The first-order valence-corrected chi connectivity index (χ1v) is 7.01. The molecule has 0 saturated heterocycles. The van der Waals surface area contributed by atoms with Gasteiger partial charge in [0.15, 0.2) is 0 Å². The number of hydrogen-bond donors (Lipinski definition) is 1. The Morgan fingerprint density at radius 2 is 2.21 bits per heavy atom. The quantitative estimate of drug-likeness (QED) is 0.920. The number of ether oxygens (including phenoxy) is 1. The largest absolute Gasteiger partial charge is 0.497 e. The molecule has 0 aliphatic rings. The van der Waals surface area contributed by atoms with Gasteiger partial charge in [-0.1, -0.05) is 0 Å². The van der Waals surface area contributed by atoms with E-state index in [0.717, 1.165) is 5.69 Å². The van der Waals surface area contributed by atoms with Crippen LogP contribution >= 0.6 is 0 Å². The molecule has 0 radical (unpaired) electrons. The highest BCUT2D eigenvalue weighted by molar-refractivity contribution is 7.84. The maximum atomic E-state index is 12.3. The Kier molecular flexibility index (Phi) is 4.11. The number of aromatic nitrogens is 2. The zero-order chi connectivity index (χ0) is 13.8. The molecular weight excluding hydrogens is 262 g/mol. The van der Waals surface area contributed by atoms with E-state index < -0.39 is 10.8 Å². The van der Waals surface area contributed by atoms with Crippen molar-refractivity contribution < 1.29 is 8.95 Å². The highest BCUT2D eigenvalue weighted by Gasteiger charge is 2.10. The molecule has 0 amide bonds. The van der Waals surface area contributed by atoms with Crippen molar-refractivity contribution >= 4 is 16.5 Å². The Balaban J connectivity index is 2.24. The van der Waals surface area contributed by atoms with Gasteiger partial charge >= 0.3 is 0 Å². The predicted molar refractivity (Wildman–Crippen MR) is 74.3 cm³/mol. The first-order valence-electron chi connectivity index (χ1n) is 5.69. The maximum Gasteiger partial charge on any atom is 0.122 e. The summed E-state index contributed by atoms with van der Waals surface area (Å²) in [5, 5.41) is 0. The number of nitrogens with two attached hydrogens (primary N) is 1. The Morgan fingerprint density at radius 1 is 1.42 bits per heavy atom. The number of methoxy groups -OCH3 is 1. The molecule has 2 heterocycles. The van der Waals surface area contributed by atoms with Crippen molar-refractivity contribution in [1.29, 1.82) is 0 Å². The SMILES string of the molecule is COc1cc(C)nc(CS(=O)c2ccncc2N)c1. The smallest absolute Gasteiger partial charge is 0.122 e. The van der Waals surface area contributed by atoms with Crippen molar-refractivity contribution in [1.82, 2.24) is 9.97 Å². The molecule has 2 rings (SSSR count). The van der Waals surface area contributed by atoms with E-state index in [0.29, 0.717) is 27.8 Å². The van der Waals surface area contributed by atoms with Crippen LogP contribution in [0.25, 0.3) is 0 Å². The monoisotopic (exact) mass is 277 g/mol. The highest BCUT2D eigenvalue weighted by atomic mass is 32.2. The topological polar surface area (TPSA) is 78.1 Å². The zero-order valence-electron chi connectivity index (χ0n) is 10.8. The lowest BCUT2D eigenvalue weighted by atomic mass is 10.3. The van der Waals surface area contributed by atoms with Crippen LogP contribution in [0.2, 0.25) is 0 Å². The Hall–Kier alpha value is -1.95. The molecule has 5 nitrogen and oxygen atoms in total. The van der Waals surface area contributed by atoms with Gasteiger partial charge in [-0.15, -0.1) is 0 Å². The van der Waals surface area contributed by atoms with Crippen LogP contribution in [0.15, 0.2) is 35.5 Å². The van der Waals surface area contributed by atoms with E-state index in [4.69, 9.17) is 10.5 Å². The fraction of sp³-hybridized carbons (Fsp3) is 0.231. The van der Waals surface area contributed by atoms with Crippen molar-refractivity contribution in [2.24, 2.45) is 0 Å². The standard InChI is InChI=1S/C13H15N3O2S/c1-9-5-11(18-2)6-10(16-9)8-19(17)13-3-4-15-7-12(13)14/h3-7H,8,14H2,1-2H3. The minimum Gasteiger partial charge on any atom is -0.497 e. The summed E-state index contributed by atoms with van der Waals surface area (Å²) in [5.74, 6) is 1.01. The summed E-state index contributed by atoms with van der Waals surface area (Å²) in [6, 6.07) is 5.27. The van der Waals surface area contributed by atoms with Crippen LogP contribution in [-0.4, -0.2) is 21.3 Å². The summed E-state index contributed by atoms with van der Waals surface area (Å²) in [5.41, 5.74) is 7.73. The van der Waals surface area contributed by atoms with Gasteiger partial charge < -0.3 is 10.5 Å². The lowest BCUT2D eigenvalue weighted by Gasteiger charge is -2.07. The van der Waals surface area contributed by atoms with Gasteiger partial charge in [-0.25, -0.2) is 0 Å². The van der Waals surface area contributed by atoms with Crippen molar-refractivity contribution in [3.05, 3.63) is 42.0 Å². The van der Waals surface area contributed by atoms with Crippen LogP contribution in [-0.2, 0) is 16.6 Å². The third-order valence-electron chi connectivity index (χ3n) is 2.55. The van der Waals surface area contributed by atoms with Crippen LogP contribution in [0.5, 0.6) is 5.75 Å². The summed E-state index contributed by atoms with van der Waals surface area (Å²) < 4.78 is 17.4. The molecule has 0 bridgehead atoms. The van der Waals surface area contributed by atoms with E-state index in [1.165, 1.54) is 6.20 Å². The van der Waals surface area contributed by atoms with E-state index in [1.54, 1.807) is 25.4 Å². The fourth-order valence-electron chi connectivity index (χ4n) is 1.71. The number of aryl methyl sites for hydroxylation is 1. The summed E-state index contributed by atoms with van der Waals surface area (Å²) >= 11 is 0. The molecule has 2 aromatic rings. The van der Waals surface area contributed by atoms with Crippen molar-refractivity contribution in [2.45, 2.75) is 17.6 Å². The molecule has 100 valence electrons. The lowest BCUT2D eigenvalue weighted by molar-refractivity contribution is 0.413. The third kappa shape index (κ3) is 3.29. The minimum absolute atomic E-state index is 0.298. The van der Waals surface area contributed by atoms with Gasteiger partial charge in [-0.05, 0) is 13.0 Å². The number of pyridine rings is 2. The van der Waals surface area contributed by atoms with Crippen LogP contribution in [0.3, 0.4) is 0 Å². The lowest BCUT2D eigenvalue weighted by Crippen LogP contribution is -2.03. The van der Waals surface area contributed by atoms with Crippen molar-refractivity contribution in [3.63, 3.8) is 0 Å². The molecule has 0 aromatic carbocycles. The average molecular weight is 277 g/mol. The molecule has 0 saturated carbocycles. The molecule has 19 heavy (non-hydrogen) atoms. The second kappa shape index (κ2) is 5.79. The van der Waals surface area contributed by atoms with Crippen molar-refractivity contribution in [3.8, 4) is 5.75 Å². The van der Waals surface area contributed by atoms with Crippen LogP contribution in [0.4, 0.5) is 5.69 Å². The summed E-state index contributed by atoms with van der Waals surface area (Å²) in [6.45, 7) is 1.87. The average Bonchev–Trinajstić information content (AvgIpc) is 2.38. The predicted octanol–water partition coefficient (Wildman–Crippen LogP) is 1.68. The second-order valence-electron chi connectivity index (χ2n) is 4.04. The van der Waals surface area contributed by atoms with Gasteiger partial charge in [-0.3, -0.25) is 14.2 Å². The van der Waals surface area contributed by atoms with Crippen LogP contribution in [0, 0.1) is 6.92 Å². The van der Waals surface area contributed by atoms with E-state index in [-0.39, 0.29) is 0 Å². The first-order chi connectivity index (χ1) is 9.10. The molecule has 1 atom stereocenters. The molecule has 6 heteroatoms. The Bertz CT molecular complexity index is 617. The maximum absolute atomic E-state index is 12.3. The molecule has 2 aromatic heterocycles. The Morgan fingerprint density at radius 3 is 2.89 bits per heavy atom. The van der Waals surface area contributed by atoms with Gasteiger partial charge in [0.2, 0.25) is 0 Å². The molecule has 0 aliphatic carbocycles. The van der Waals surface area contributed by atoms with E-state index in [1.807, 2.05) is 13.0 Å². The number of hydrogen-bond acceptors (Lipinski definition) is 5. The van der Waals surface area contributed by atoms with E-state index in [9.17, 15) is 4.21 Å². The van der Waals surface area contributed by atoms with Gasteiger partial charge in [0.25, 0.3) is 0 Å². The minimum atomic E-state index is -1.25. The molecule has 2 N–H and O–H groups in total. The third-order valence-corrected chi connectivity index (χ3v) is 3.97. The summed E-state index contributed by atoms with van der Waals surface area (Å²) in [6.07, 6.45) is 3.07. The van der Waals surface area contributed by atoms with E-state index >= 15 is 0 Å². The summed E-state index contributed by atoms with van der Waals surface area (Å²) in [7, 11) is 0.346. The zero-order valence-corrected chi connectivity index (χ0v) is 11.6. The van der Waals surface area contributed by atoms with Gasteiger partial charge in [-0.2, -0.15) is 0 Å². The molecule has 1 unspecified atom stereocenters. The normalized spacial score (nSPS) is 12.1. The van der Waals surface area contributed by atoms with Gasteiger partial charge in [0.05, 0.1) is 46.1 Å². The molecule has 0 spiro atoms. The number of nitrogens with zero attached hydrogens (tertiary/aromatic N) is 2. The number of anilines is 1. The summed E-state index contributed by atoms with van der Waals surface area (Å²) in [4.78, 5) is 8.81. The van der Waals surface area contributed by atoms with Crippen LogP contribution in [0.1, 0.15) is 11.4 Å². The van der Waals surface area contributed by atoms with E-state index in [2.05, 4.69) is 9.97 Å². The molecule has 0 fully saturated rings. The highest BCUT2D eigenvalue weighted by Crippen LogP contribution is 2.19. The molecular formula is C13H15N3O2S. The molecule has 0 aliphatic heterocycles. The fourth-order valence-corrected chi connectivity index (χ4v) is 2.81. The van der Waals surface area contributed by atoms with Gasteiger partial charge in [0.1, 0.15) is 5.75 Å².